The molecule has 28 heavy (non-hydrogen) atoms. The molecule has 0 saturated heterocycles. The number of rotatable bonds is 4. The Hall–Kier alpha value is -3.18. The van der Waals surface area contributed by atoms with Crippen LogP contribution in [0.5, 0.6) is 0 Å². The Morgan fingerprint density at radius 2 is 2.00 bits per heavy atom. The van der Waals surface area contributed by atoms with Crippen LogP contribution in [0.25, 0.3) is 0 Å². The van der Waals surface area contributed by atoms with Crippen LogP contribution < -0.4 is 0 Å². The molecule has 1 saturated carbocycles. The number of carbonyl (C=O) groups is 2. The first kappa shape index (κ1) is 18.2. The van der Waals surface area contributed by atoms with Crippen LogP contribution in [0.1, 0.15) is 44.7 Å². The maximum atomic E-state index is 12.8. The molecule has 1 aliphatic heterocycles. The van der Waals surface area contributed by atoms with E-state index < -0.39 is 15.9 Å². The van der Waals surface area contributed by atoms with Crippen molar-refractivity contribution in [1.29, 1.82) is 5.26 Å². The summed E-state index contributed by atoms with van der Waals surface area (Å²) in [5.41, 5.74) is 1.61. The van der Waals surface area contributed by atoms with Gasteiger partial charge in [-0.15, -0.1) is 0 Å². The van der Waals surface area contributed by atoms with E-state index in [0.717, 1.165) is 9.87 Å². The van der Waals surface area contributed by atoms with E-state index in [1.807, 2.05) is 6.07 Å². The number of hydrogen-bond donors (Lipinski definition) is 0. The zero-order valence-electron chi connectivity index (χ0n) is 15.1. The fraction of sp³-hybridized carbons (Fsp3) is 0.250. The highest BCUT2D eigenvalue weighted by molar-refractivity contribution is 7.90. The summed E-state index contributed by atoms with van der Waals surface area (Å²) in [5, 5.41) is 8.99. The van der Waals surface area contributed by atoms with E-state index in [1.165, 1.54) is 23.1 Å². The minimum atomic E-state index is -3.90. The van der Waals surface area contributed by atoms with E-state index in [-0.39, 0.29) is 34.5 Å². The van der Waals surface area contributed by atoms with Crippen LogP contribution in [-0.4, -0.2) is 42.5 Å². The molecule has 0 atom stereocenters. The zero-order chi connectivity index (χ0) is 20.1. The van der Waals surface area contributed by atoms with Gasteiger partial charge in [0.2, 0.25) is 0 Å². The van der Waals surface area contributed by atoms with Crippen molar-refractivity contribution < 1.29 is 18.0 Å². The van der Waals surface area contributed by atoms with Gasteiger partial charge in [0.1, 0.15) is 4.90 Å². The molecular weight excluding hydrogens is 378 g/mol. The van der Waals surface area contributed by atoms with Crippen LogP contribution >= 0.6 is 0 Å². The molecule has 142 valence electrons. The average molecular weight is 395 g/mol. The van der Waals surface area contributed by atoms with Crippen LogP contribution in [0.4, 0.5) is 0 Å². The lowest BCUT2D eigenvalue weighted by Crippen LogP contribution is -2.32. The van der Waals surface area contributed by atoms with Gasteiger partial charge in [-0.25, -0.2) is 12.7 Å². The third-order valence-corrected chi connectivity index (χ3v) is 6.77. The molecule has 2 aromatic carbocycles. The van der Waals surface area contributed by atoms with E-state index in [2.05, 4.69) is 6.07 Å². The van der Waals surface area contributed by atoms with Crippen LogP contribution in [0.3, 0.4) is 0 Å². The van der Waals surface area contributed by atoms with Crippen molar-refractivity contribution in [2.75, 3.05) is 7.05 Å². The van der Waals surface area contributed by atoms with Crippen LogP contribution in [0.15, 0.2) is 47.4 Å². The van der Waals surface area contributed by atoms with Gasteiger partial charge in [-0.1, -0.05) is 12.1 Å². The number of nitriles is 1. The number of sulfonamides is 1. The van der Waals surface area contributed by atoms with Gasteiger partial charge in [-0.2, -0.15) is 5.26 Å². The van der Waals surface area contributed by atoms with Gasteiger partial charge in [0, 0.05) is 25.2 Å². The topological polar surface area (TPSA) is 98.6 Å². The Bertz CT molecular complexity index is 1150. The number of hydrogen-bond acceptors (Lipinski definition) is 5. The molecule has 0 unspecified atom stereocenters. The first-order valence-electron chi connectivity index (χ1n) is 8.80. The highest BCUT2D eigenvalue weighted by atomic mass is 32.2. The second kappa shape index (κ2) is 6.46. The molecule has 1 fully saturated rings. The molecule has 2 aliphatic rings. The zero-order valence-corrected chi connectivity index (χ0v) is 15.9. The van der Waals surface area contributed by atoms with Gasteiger partial charge in [-0.05, 0) is 48.7 Å². The Morgan fingerprint density at radius 3 is 2.68 bits per heavy atom. The normalized spacial score (nSPS) is 17.1. The standard InChI is InChI=1S/C20H17N3O4S/c1-22(12-14-4-2-3-13(9-14)11-21)19(24)15-5-8-17-18(10-15)28(26,27)23(20(17)25)16-6-7-16/h2-5,8-10,16H,6-7,12H2,1H3. The molecule has 0 radical (unpaired) electrons. The van der Waals surface area contributed by atoms with E-state index >= 15 is 0 Å². The molecule has 7 nitrogen and oxygen atoms in total. The molecule has 2 amide bonds. The highest BCUT2D eigenvalue weighted by Gasteiger charge is 2.48. The van der Waals surface area contributed by atoms with Crippen molar-refractivity contribution >= 4 is 21.8 Å². The van der Waals surface area contributed by atoms with Gasteiger partial charge < -0.3 is 4.90 Å². The van der Waals surface area contributed by atoms with Crippen molar-refractivity contribution in [3.8, 4) is 6.07 Å². The third kappa shape index (κ3) is 2.94. The van der Waals surface area contributed by atoms with Crippen molar-refractivity contribution in [2.45, 2.75) is 30.3 Å². The Morgan fingerprint density at radius 1 is 1.25 bits per heavy atom. The van der Waals surface area contributed by atoms with Gasteiger partial charge in [0.15, 0.2) is 0 Å². The lowest BCUT2D eigenvalue weighted by Gasteiger charge is -2.18. The fourth-order valence-electron chi connectivity index (χ4n) is 3.36. The molecular formula is C20H17N3O4S. The second-order valence-corrected chi connectivity index (χ2v) is 8.80. The summed E-state index contributed by atoms with van der Waals surface area (Å²) < 4.78 is 26.4. The molecule has 8 heteroatoms. The van der Waals surface area contributed by atoms with Crippen LogP contribution in [0.2, 0.25) is 0 Å². The molecule has 0 aromatic heterocycles. The molecule has 0 spiro atoms. The first-order chi connectivity index (χ1) is 13.3. The molecule has 2 aromatic rings. The number of nitrogens with zero attached hydrogens (tertiary/aromatic N) is 3. The van der Waals surface area contributed by atoms with Gasteiger partial charge in [-0.3, -0.25) is 9.59 Å². The second-order valence-electron chi connectivity index (χ2n) is 7.02. The van der Waals surface area contributed by atoms with Gasteiger partial charge in [0.25, 0.3) is 21.8 Å². The Kier molecular flexibility index (Phi) is 4.20. The predicted molar refractivity (Wildman–Crippen MR) is 99.8 cm³/mol. The summed E-state index contributed by atoms with van der Waals surface area (Å²) in [7, 11) is -2.30. The van der Waals surface area contributed by atoms with Crippen LogP contribution in [0, 0.1) is 11.3 Å². The summed E-state index contributed by atoms with van der Waals surface area (Å²) in [4.78, 5) is 26.6. The quantitative estimate of drug-likeness (QED) is 0.790. The van der Waals surface area contributed by atoms with E-state index in [4.69, 9.17) is 5.26 Å². The SMILES string of the molecule is CN(Cc1cccc(C#N)c1)C(=O)c1ccc2c(c1)S(=O)(=O)N(C1CC1)C2=O. The third-order valence-electron chi connectivity index (χ3n) is 4.90. The molecule has 0 N–H and O–H groups in total. The van der Waals surface area contributed by atoms with E-state index in [1.54, 1.807) is 25.2 Å². The van der Waals surface area contributed by atoms with Crippen molar-refractivity contribution in [1.82, 2.24) is 9.21 Å². The van der Waals surface area contributed by atoms with Crippen molar-refractivity contribution in [3.05, 3.63) is 64.7 Å². The minimum absolute atomic E-state index is 0.102. The monoisotopic (exact) mass is 395 g/mol. The highest BCUT2D eigenvalue weighted by Crippen LogP contribution is 2.39. The fourth-order valence-corrected chi connectivity index (χ4v) is 5.20. The summed E-state index contributed by atoms with van der Waals surface area (Å²) in [6.45, 7) is 0.269. The lowest BCUT2D eigenvalue weighted by atomic mass is 10.1. The number of carbonyl (C=O) groups excluding carboxylic acids is 2. The first-order valence-corrected chi connectivity index (χ1v) is 10.2. The summed E-state index contributed by atoms with van der Waals surface area (Å²) >= 11 is 0. The minimum Gasteiger partial charge on any atom is -0.337 e. The van der Waals surface area contributed by atoms with Crippen LogP contribution in [-0.2, 0) is 16.6 Å². The largest absolute Gasteiger partial charge is 0.337 e. The maximum absolute atomic E-state index is 12.8. The summed E-state index contributed by atoms with van der Waals surface area (Å²) in [6.07, 6.45) is 1.35. The summed E-state index contributed by atoms with van der Waals surface area (Å²) in [6, 6.07) is 12.9. The molecule has 1 heterocycles. The molecule has 4 rings (SSSR count). The van der Waals surface area contributed by atoms with Gasteiger partial charge in [0.05, 0.1) is 17.2 Å². The molecule has 0 bridgehead atoms. The van der Waals surface area contributed by atoms with E-state index in [9.17, 15) is 18.0 Å². The number of fused-ring (bicyclic) bond motifs is 1. The van der Waals surface area contributed by atoms with Gasteiger partial charge >= 0.3 is 0 Å². The van der Waals surface area contributed by atoms with E-state index in [0.29, 0.717) is 18.4 Å². The number of benzene rings is 2. The van der Waals surface area contributed by atoms with Crippen molar-refractivity contribution in [3.63, 3.8) is 0 Å². The Labute approximate surface area is 162 Å². The average Bonchev–Trinajstić information content (AvgIpc) is 3.48. The summed E-state index contributed by atoms with van der Waals surface area (Å²) in [5.74, 6) is -0.879. The maximum Gasteiger partial charge on any atom is 0.269 e. The Balaban J connectivity index is 1.61. The number of amides is 2. The predicted octanol–water partition coefficient (Wildman–Crippen LogP) is 2.14. The molecule has 1 aliphatic carbocycles. The smallest absolute Gasteiger partial charge is 0.269 e. The lowest BCUT2D eigenvalue weighted by molar-refractivity contribution is 0.0783. The van der Waals surface area contributed by atoms with Crippen molar-refractivity contribution in [2.24, 2.45) is 0 Å².